The Hall–Kier alpha value is -0.600. The molecule has 0 amide bonds. The molecule has 0 saturated carbocycles. The highest BCUT2D eigenvalue weighted by molar-refractivity contribution is 7.98. The normalized spacial score (nSPS) is 15.3. The fraction of sp³-hybridized carbons (Fsp3) is 0.739. The molecule has 1 heterocycles. The summed E-state index contributed by atoms with van der Waals surface area (Å²) in [6, 6.07) is 6.00. The van der Waals surface area contributed by atoms with E-state index in [1.807, 2.05) is 24.5 Å². The Morgan fingerprint density at radius 2 is 1.87 bits per heavy atom. The average molecular weight is 460 g/mol. The Bertz CT molecular complexity index is 562. The Balaban J connectivity index is 0.000000479. The van der Waals surface area contributed by atoms with Crippen molar-refractivity contribution >= 4 is 22.9 Å². The zero-order chi connectivity index (χ0) is 22.2. The average Bonchev–Trinajstić information content (AvgIpc) is 3.22. The highest BCUT2D eigenvalue weighted by atomic mass is 32.2. The lowest BCUT2D eigenvalue weighted by atomic mass is 10.1. The summed E-state index contributed by atoms with van der Waals surface area (Å²) in [5, 5.41) is 8.62. The molecule has 0 spiro atoms. The second kappa shape index (κ2) is 17.0. The topological polar surface area (TPSA) is 87.8 Å². The van der Waals surface area contributed by atoms with E-state index in [-0.39, 0.29) is 17.9 Å². The highest BCUT2D eigenvalue weighted by Gasteiger charge is 2.19. The number of ether oxygens (including phenoxy) is 2. The van der Waals surface area contributed by atoms with Crippen LogP contribution in [0.4, 0.5) is 0 Å². The largest absolute Gasteiger partial charge is 0.616 e. The first-order valence-electron chi connectivity index (χ1n) is 11.1. The van der Waals surface area contributed by atoms with Crippen molar-refractivity contribution in [3.63, 3.8) is 0 Å². The van der Waals surface area contributed by atoms with Crippen LogP contribution in [0.2, 0.25) is 0 Å². The van der Waals surface area contributed by atoms with E-state index >= 15 is 0 Å². The maximum absolute atomic E-state index is 12.3. The van der Waals surface area contributed by atoms with E-state index in [2.05, 4.69) is 13.8 Å². The minimum atomic E-state index is -0.743. The third-order valence-corrected chi connectivity index (χ3v) is 7.43. The summed E-state index contributed by atoms with van der Waals surface area (Å²) in [6.45, 7) is 4.73. The summed E-state index contributed by atoms with van der Waals surface area (Å²) in [5.41, 5.74) is 6.57. The van der Waals surface area contributed by atoms with Crippen molar-refractivity contribution in [1.82, 2.24) is 0 Å². The second-order valence-corrected chi connectivity index (χ2v) is 10.7. The summed E-state index contributed by atoms with van der Waals surface area (Å²) in [4.78, 5) is 0. The number of aliphatic hydroxyl groups excluding tert-OH is 1. The summed E-state index contributed by atoms with van der Waals surface area (Å²) in [7, 11) is 0. The van der Waals surface area contributed by atoms with Crippen LogP contribution < -0.4 is 15.2 Å². The summed E-state index contributed by atoms with van der Waals surface area (Å²) < 4.78 is 23.0. The molecule has 174 valence electrons. The van der Waals surface area contributed by atoms with Gasteiger partial charge in [-0.25, -0.2) is 0 Å². The van der Waals surface area contributed by atoms with Crippen molar-refractivity contribution in [2.24, 2.45) is 5.73 Å². The molecule has 1 aliphatic rings. The number of aliphatic hydroxyl groups is 1. The third kappa shape index (κ3) is 11.7. The first kappa shape index (κ1) is 27.4. The molecule has 3 unspecified atom stereocenters. The van der Waals surface area contributed by atoms with Gasteiger partial charge < -0.3 is 24.9 Å². The lowest BCUT2D eigenvalue weighted by molar-refractivity contribution is 0.174. The van der Waals surface area contributed by atoms with Gasteiger partial charge in [-0.15, -0.1) is 0 Å². The monoisotopic (exact) mass is 459 g/mol. The zero-order valence-corrected chi connectivity index (χ0v) is 20.6. The number of unbranched alkanes of at least 4 members (excludes halogenated alkanes) is 5. The minimum Gasteiger partial charge on any atom is -0.616 e. The van der Waals surface area contributed by atoms with E-state index in [0.717, 1.165) is 42.3 Å². The Morgan fingerprint density at radius 3 is 2.57 bits per heavy atom. The molecule has 5 nitrogen and oxygen atoms in total. The van der Waals surface area contributed by atoms with Crippen molar-refractivity contribution in [3.8, 4) is 11.5 Å². The molecule has 0 saturated heterocycles. The number of thioether (sulfide) groups is 1. The van der Waals surface area contributed by atoms with Crippen LogP contribution in [0.5, 0.6) is 11.5 Å². The molecule has 30 heavy (non-hydrogen) atoms. The molecular weight excluding hydrogens is 418 g/mol. The SMILES string of the molecule is CCCCCCCC[S+]([O-])C(C)Cc1ccc2c(c1)OCO2.CSCCC(N)CO. The van der Waals surface area contributed by atoms with Gasteiger partial charge in [0.15, 0.2) is 11.5 Å². The third-order valence-electron chi connectivity index (χ3n) is 5.04. The van der Waals surface area contributed by atoms with Crippen molar-refractivity contribution in [1.29, 1.82) is 0 Å². The minimum absolute atomic E-state index is 0.0116. The molecule has 7 heteroatoms. The van der Waals surface area contributed by atoms with Crippen LogP contribution >= 0.6 is 11.8 Å². The van der Waals surface area contributed by atoms with E-state index in [1.165, 1.54) is 37.7 Å². The second-order valence-electron chi connectivity index (χ2n) is 7.78. The number of hydrogen-bond donors (Lipinski definition) is 2. The maximum Gasteiger partial charge on any atom is 0.231 e. The van der Waals surface area contributed by atoms with Crippen molar-refractivity contribution in [3.05, 3.63) is 23.8 Å². The molecule has 0 fully saturated rings. The molecule has 0 bridgehead atoms. The van der Waals surface area contributed by atoms with E-state index in [1.54, 1.807) is 11.8 Å². The predicted molar refractivity (Wildman–Crippen MR) is 130 cm³/mol. The highest BCUT2D eigenvalue weighted by Crippen LogP contribution is 2.33. The van der Waals surface area contributed by atoms with Crippen LogP contribution in [0, 0.1) is 0 Å². The summed E-state index contributed by atoms with van der Waals surface area (Å²) >= 11 is 1.01. The van der Waals surface area contributed by atoms with Gasteiger partial charge in [-0.3, -0.25) is 0 Å². The molecule has 1 aliphatic heterocycles. The molecule has 1 aromatic rings. The predicted octanol–water partition coefficient (Wildman–Crippen LogP) is 4.51. The molecular formula is C23H41NO4S2. The van der Waals surface area contributed by atoms with Gasteiger partial charge in [-0.1, -0.05) is 49.8 Å². The molecule has 1 aromatic carbocycles. The van der Waals surface area contributed by atoms with Gasteiger partial charge >= 0.3 is 0 Å². The molecule has 0 aromatic heterocycles. The summed E-state index contributed by atoms with van der Waals surface area (Å²) in [6.07, 6.45) is 11.3. The number of rotatable bonds is 14. The van der Waals surface area contributed by atoms with Crippen molar-refractivity contribution in [2.45, 2.75) is 76.5 Å². The van der Waals surface area contributed by atoms with Crippen LogP contribution in [0.25, 0.3) is 0 Å². The Labute approximate surface area is 190 Å². The van der Waals surface area contributed by atoms with Gasteiger partial charge in [-0.2, -0.15) is 11.8 Å². The number of hydrogen-bond acceptors (Lipinski definition) is 6. The molecule has 0 aliphatic carbocycles. The lowest BCUT2D eigenvalue weighted by Gasteiger charge is -2.18. The maximum atomic E-state index is 12.3. The van der Waals surface area contributed by atoms with Gasteiger partial charge in [-0.05, 0) is 55.9 Å². The van der Waals surface area contributed by atoms with Gasteiger partial charge in [0.1, 0.15) is 11.0 Å². The first-order chi connectivity index (χ1) is 14.5. The number of fused-ring (bicyclic) bond motifs is 1. The first-order valence-corrected chi connectivity index (χ1v) is 13.9. The quantitative estimate of drug-likeness (QED) is 0.314. The van der Waals surface area contributed by atoms with Crippen LogP contribution in [0.1, 0.15) is 64.4 Å². The molecule has 3 atom stereocenters. The van der Waals surface area contributed by atoms with Gasteiger partial charge in [0.25, 0.3) is 0 Å². The molecule has 2 rings (SSSR count). The van der Waals surface area contributed by atoms with Crippen molar-refractivity contribution < 1.29 is 19.1 Å². The van der Waals surface area contributed by atoms with E-state index < -0.39 is 11.2 Å². The van der Waals surface area contributed by atoms with Crippen LogP contribution in [0.3, 0.4) is 0 Å². The standard InChI is InChI=1S/C18H28O3S.C5H13NOS/c1-3-4-5-6-7-8-11-22(19)15(2)12-16-9-10-17-18(13-16)21-14-20-17;1-8-3-2-5(6)4-7/h9-10,13,15H,3-8,11-12,14H2,1-2H3;5,7H,2-4,6H2,1H3. The van der Waals surface area contributed by atoms with Crippen molar-refractivity contribution in [2.75, 3.05) is 31.2 Å². The van der Waals surface area contributed by atoms with Crippen LogP contribution in [-0.2, 0) is 17.6 Å². The summed E-state index contributed by atoms with van der Waals surface area (Å²) in [5.74, 6) is 3.50. The van der Waals surface area contributed by atoms with Gasteiger partial charge in [0.2, 0.25) is 6.79 Å². The number of benzene rings is 1. The Kier molecular flexibility index (Phi) is 15.6. The fourth-order valence-corrected chi connectivity index (χ4v) is 4.89. The smallest absolute Gasteiger partial charge is 0.231 e. The van der Waals surface area contributed by atoms with Gasteiger partial charge in [0, 0.05) is 12.5 Å². The van der Waals surface area contributed by atoms with E-state index in [9.17, 15) is 4.55 Å². The number of nitrogens with two attached hydrogens (primary N) is 1. The van der Waals surface area contributed by atoms with Crippen LogP contribution in [0.15, 0.2) is 18.2 Å². The fourth-order valence-electron chi connectivity index (χ4n) is 3.08. The van der Waals surface area contributed by atoms with Gasteiger partial charge in [0.05, 0.1) is 6.61 Å². The molecule has 3 N–H and O–H groups in total. The van der Waals surface area contributed by atoms with Crippen LogP contribution in [-0.4, -0.2) is 52.1 Å². The Morgan fingerprint density at radius 1 is 1.17 bits per heavy atom. The van der Waals surface area contributed by atoms with E-state index in [0.29, 0.717) is 6.79 Å². The zero-order valence-electron chi connectivity index (χ0n) is 18.9. The van der Waals surface area contributed by atoms with E-state index in [4.69, 9.17) is 20.3 Å². The molecule has 0 radical (unpaired) electrons. The lowest BCUT2D eigenvalue weighted by Crippen LogP contribution is -2.24.